The van der Waals surface area contributed by atoms with Crippen LogP contribution in [0.25, 0.3) is 34.4 Å². The van der Waals surface area contributed by atoms with E-state index in [0.717, 1.165) is 17.8 Å². The number of hydrogen-bond donors (Lipinski definition) is 0. The second-order valence-corrected chi connectivity index (χ2v) is 10.3. The van der Waals surface area contributed by atoms with Crippen LogP contribution in [0.1, 0.15) is 30.9 Å². The number of alkyl halides is 3. The SMILES string of the molecule is CCS(=O)(=O)c1c(-c2nc3cc(C(F)(F)F)cnc3n2C)nc2cc(/C=C/C3CC3)ccn12. The van der Waals surface area contributed by atoms with Gasteiger partial charge in [-0.1, -0.05) is 19.1 Å². The number of nitrogens with zero attached hydrogens (tertiary/aromatic N) is 5. The molecule has 11 heteroatoms. The van der Waals surface area contributed by atoms with Gasteiger partial charge in [-0.05, 0) is 42.5 Å². The Morgan fingerprint density at radius 1 is 1.21 bits per heavy atom. The molecule has 172 valence electrons. The predicted octanol–water partition coefficient (Wildman–Crippen LogP) is 4.52. The van der Waals surface area contributed by atoms with E-state index in [4.69, 9.17) is 0 Å². The van der Waals surface area contributed by atoms with Gasteiger partial charge in [0.2, 0.25) is 0 Å². The maximum Gasteiger partial charge on any atom is 0.417 e. The molecular formula is C22H20F3N5O2S. The second-order valence-electron chi connectivity index (χ2n) is 8.11. The number of rotatable bonds is 5. The summed E-state index contributed by atoms with van der Waals surface area (Å²) < 4.78 is 68.4. The van der Waals surface area contributed by atoms with Crippen LogP contribution < -0.4 is 0 Å². The summed E-state index contributed by atoms with van der Waals surface area (Å²) in [6, 6.07) is 4.48. The number of halogens is 3. The van der Waals surface area contributed by atoms with Gasteiger partial charge in [0, 0.05) is 19.4 Å². The van der Waals surface area contributed by atoms with Gasteiger partial charge < -0.3 is 4.57 Å². The minimum absolute atomic E-state index is 0.00674. The summed E-state index contributed by atoms with van der Waals surface area (Å²) in [5.74, 6) is 0.543. The fourth-order valence-corrected chi connectivity index (χ4v) is 4.86. The molecule has 1 aliphatic carbocycles. The van der Waals surface area contributed by atoms with E-state index in [1.165, 1.54) is 28.7 Å². The highest BCUT2D eigenvalue weighted by Gasteiger charge is 2.33. The zero-order chi connectivity index (χ0) is 23.5. The van der Waals surface area contributed by atoms with Gasteiger partial charge in [-0.2, -0.15) is 13.2 Å². The molecule has 0 bridgehead atoms. The molecule has 0 radical (unpaired) electrons. The largest absolute Gasteiger partial charge is 0.417 e. The van der Waals surface area contributed by atoms with E-state index in [9.17, 15) is 21.6 Å². The van der Waals surface area contributed by atoms with Crippen LogP contribution in [0.4, 0.5) is 13.2 Å². The molecule has 0 N–H and O–H groups in total. The summed E-state index contributed by atoms with van der Waals surface area (Å²) in [7, 11) is -2.18. The van der Waals surface area contributed by atoms with Gasteiger partial charge in [0.15, 0.2) is 26.3 Å². The van der Waals surface area contributed by atoms with Crippen molar-refractivity contribution in [2.24, 2.45) is 13.0 Å². The Bertz CT molecular complexity index is 1530. The number of imidazole rings is 2. The summed E-state index contributed by atoms with van der Waals surface area (Å²) in [5, 5.41) is -0.0489. The number of fused-ring (bicyclic) bond motifs is 2. The maximum absolute atomic E-state index is 13.1. The lowest BCUT2D eigenvalue weighted by Gasteiger charge is -2.06. The first-order chi connectivity index (χ1) is 15.6. The molecule has 0 amide bonds. The molecule has 1 aliphatic rings. The molecule has 4 aromatic rings. The molecule has 4 heterocycles. The topological polar surface area (TPSA) is 82.1 Å². The third-order valence-corrected chi connectivity index (χ3v) is 7.45. The average Bonchev–Trinajstić information content (AvgIpc) is 3.43. The van der Waals surface area contributed by atoms with E-state index >= 15 is 0 Å². The average molecular weight is 475 g/mol. The first-order valence-electron chi connectivity index (χ1n) is 10.4. The van der Waals surface area contributed by atoms with E-state index in [0.29, 0.717) is 11.6 Å². The van der Waals surface area contributed by atoms with Gasteiger partial charge in [-0.3, -0.25) is 4.40 Å². The minimum atomic E-state index is -4.57. The molecule has 1 fully saturated rings. The van der Waals surface area contributed by atoms with Gasteiger partial charge >= 0.3 is 6.18 Å². The molecule has 4 aromatic heterocycles. The number of aryl methyl sites for hydroxylation is 1. The van der Waals surface area contributed by atoms with Crippen molar-refractivity contribution in [3.05, 3.63) is 47.8 Å². The Hall–Kier alpha value is -3.21. The smallest absolute Gasteiger partial charge is 0.310 e. The molecule has 0 spiro atoms. The Labute approximate surface area is 187 Å². The highest BCUT2D eigenvalue weighted by atomic mass is 32.2. The molecule has 7 nitrogen and oxygen atoms in total. The van der Waals surface area contributed by atoms with Crippen LogP contribution in [0.3, 0.4) is 0 Å². The van der Waals surface area contributed by atoms with Crippen molar-refractivity contribution in [1.29, 1.82) is 0 Å². The quantitative estimate of drug-likeness (QED) is 0.424. The number of sulfone groups is 1. The lowest BCUT2D eigenvalue weighted by molar-refractivity contribution is -0.137. The van der Waals surface area contributed by atoms with Gasteiger partial charge in [0.05, 0.1) is 11.3 Å². The first kappa shape index (κ1) is 21.6. The van der Waals surface area contributed by atoms with Gasteiger partial charge in [-0.25, -0.2) is 23.4 Å². The van der Waals surface area contributed by atoms with Gasteiger partial charge in [-0.15, -0.1) is 0 Å². The lowest BCUT2D eigenvalue weighted by Crippen LogP contribution is -2.09. The Morgan fingerprint density at radius 2 is 1.97 bits per heavy atom. The van der Waals surface area contributed by atoms with Crippen molar-refractivity contribution in [1.82, 2.24) is 23.9 Å². The number of pyridine rings is 2. The molecule has 0 aromatic carbocycles. The van der Waals surface area contributed by atoms with Crippen molar-refractivity contribution in [2.75, 3.05) is 5.75 Å². The van der Waals surface area contributed by atoms with Gasteiger partial charge in [0.25, 0.3) is 0 Å². The molecule has 5 rings (SSSR count). The van der Waals surface area contributed by atoms with Crippen LogP contribution in [-0.4, -0.2) is 38.1 Å². The summed E-state index contributed by atoms with van der Waals surface area (Å²) in [5.41, 5.74) is 0.645. The van der Waals surface area contributed by atoms with Crippen molar-refractivity contribution < 1.29 is 21.6 Å². The van der Waals surface area contributed by atoms with E-state index in [1.807, 2.05) is 6.08 Å². The zero-order valence-electron chi connectivity index (χ0n) is 17.8. The van der Waals surface area contributed by atoms with Crippen molar-refractivity contribution in [3.8, 4) is 11.5 Å². The molecule has 1 saturated carbocycles. The Balaban J connectivity index is 1.73. The normalized spacial score (nSPS) is 15.3. The Kier molecular flexibility index (Phi) is 4.85. The summed E-state index contributed by atoms with van der Waals surface area (Å²) >= 11 is 0. The number of aromatic nitrogens is 5. The molecule has 0 aliphatic heterocycles. The highest BCUT2D eigenvalue weighted by molar-refractivity contribution is 7.91. The van der Waals surface area contributed by atoms with E-state index in [2.05, 4.69) is 21.0 Å². The predicted molar refractivity (Wildman–Crippen MR) is 117 cm³/mol. The molecular weight excluding hydrogens is 455 g/mol. The van der Waals surface area contributed by atoms with Crippen molar-refractivity contribution >= 4 is 32.7 Å². The van der Waals surface area contributed by atoms with Crippen LogP contribution >= 0.6 is 0 Å². The number of allylic oxidation sites excluding steroid dienone is 1. The zero-order valence-corrected chi connectivity index (χ0v) is 18.7. The van der Waals surface area contributed by atoms with Crippen LogP contribution in [0.5, 0.6) is 0 Å². The fraction of sp³-hybridized carbons (Fsp3) is 0.318. The first-order valence-corrected chi connectivity index (χ1v) is 12.1. The Morgan fingerprint density at radius 3 is 2.64 bits per heavy atom. The van der Waals surface area contributed by atoms with Crippen molar-refractivity contribution in [3.63, 3.8) is 0 Å². The second kappa shape index (κ2) is 7.41. The lowest BCUT2D eigenvalue weighted by atomic mass is 10.2. The van der Waals surface area contributed by atoms with Crippen LogP contribution in [0.2, 0.25) is 0 Å². The summed E-state index contributed by atoms with van der Waals surface area (Å²) in [4.78, 5) is 12.7. The molecule has 0 unspecified atom stereocenters. The third-order valence-electron chi connectivity index (χ3n) is 5.71. The summed E-state index contributed by atoms with van der Waals surface area (Å²) in [6.07, 6.45) is 4.25. The minimum Gasteiger partial charge on any atom is -0.310 e. The van der Waals surface area contributed by atoms with E-state index in [1.54, 1.807) is 25.4 Å². The maximum atomic E-state index is 13.1. The summed E-state index contributed by atoms with van der Waals surface area (Å²) in [6.45, 7) is 1.53. The van der Waals surface area contributed by atoms with E-state index < -0.39 is 21.6 Å². The van der Waals surface area contributed by atoms with Crippen LogP contribution in [0.15, 0.2) is 41.7 Å². The molecule has 0 atom stereocenters. The highest BCUT2D eigenvalue weighted by Crippen LogP contribution is 2.34. The van der Waals surface area contributed by atoms with Crippen molar-refractivity contribution in [2.45, 2.75) is 31.0 Å². The van der Waals surface area contributed by atoms with Gasteiger partial charge in [0.1, 0.15) is 16.9 Å². The van der Waals surface area contributed by atoms with Crippen LogP contribution in [0, 0.1) is 5.92 Å². The monoisotopic (exact) mass is 475 g/mol. The van der Waals surface area contributed by atoms with Crippen LogP contribution in [-0.2, 0) is 23.1 Å². The standard InChI is InChI=1S/C22H20F3N5O2S/c1-3-33(31,32)21-18(28-17-10-14(8-9-30(17)21)7-6-13-4-5-13)20-27-16-11-15(22(23,24)25)12-26-19(16)29(20)2/h6-13H,3-5H2,1-2H3/b7-6+. The number of hydrogen-bond acceptors (Lipinski definition) is 5. The fourth-order valence-electron chi connectivity index (χ4n) is 3.70. The molecule has 33 heavy (non-hydrogen) atoms. The van der Waals surface area contributed by atoms with E-state index in [-0.39, 0.29) is 33.5 Å². The third kappa shape index (κ3) is 3.79. The molecule has 0 saturated heterocycles.